The minimum atomic E-state index is 0.754. The van der Waals surface area contributed by atoms with E-state index in [9.17, 15) is 0 Å². The van der Waals surface area contributed by atoms with Gasteiger partial charge in [-0.05, 0) is 63.0 Å². The van der Waals surface area contributed by atoms with Gasteiger partial charge in [-0.1, -0.05) is 29.8 Å². The zero-order valence-corrected chi connectivity index (χ0v) is 18.4. The number of fused-ring (bicyclic) bond motifs is 1. The molecular formula is C25H26ClN3O. The third kappa shape index (κ3) is 4.35. The summed E-state index contributed by atoms with van der Waals surface area (Å²) in [5, 5.41) is 1.94. The summed E-state index contributed by atoms with van der Waals surface area (Å²) in [5.41, 5.74) is 5.57. The highest BCUT2D eigenvalue weighted by atomic mass is 35.5. The normalized spacial score (nSPS) is 11.4. The molecule has 4 aromatic rings. The molecular weight excluding hydrogens is 394 g/mol. The molecule has 0 amide bonds. The lowest BCUT2D eigenvalue weighted by molar-refractivity contribution is 0.388. The maximum Gasteiger partial charge on any atom is 0.119 e. The second kappa shape index (κ2) is 8.90. The van der Waals surface area contributed by atoms with Crippen LogP contribution >= 0.6 is 11.6 Å². The summed E-state index contributed by atoms with van der Waals surface area (Å²) in [7, 11) is 5.89. The van der Waals surface area contributed by atoms with Crippen molar-refractivity contribution in [2.45, 2.75) is 13.0 Å². The Morgan fingerprint density at radius 3 is 2.63 bits per heavy atom. The molecule has 0 N–H and O–H groups in total. The van der Waals surface area contributed by atoms with E-state index in [4.69, 9.17) is 16.3 Å². The molecule has 2 aromatic heterocycles. The average Bonchev–Trinajstić information content (AvgIpc) is 3.11. The Labute approximate surface area is 182 Å². The van der Waals surface area contributed by atoms with Gasteiger partial charge in [0.2, 0.25) is 0 Å². The first-order chi connectivity index (χ1) is 14.5. The maximum absolute atomic E-state index is 6.32. The highest BCUT2D eigenvalue weighted by Crippen LogP contribution is 2.34. The molecule has 2 heterocycles. The van der Waals surface area contributed by atoms with Gasteiger partial charge in [-0.25, -0.2) is 0 Å². The van der Waals surface area contributed by atoms with Crippen LogP contribution in [0.3, 0.4) is 0 Å². The average molecular weight is 420 g/mol. The van der Waals surface area contributed by atoms with Crippen LogP contribution < -0.4 is 4.74 Å². The maximum atomic E-state index is 6.32. The molecule has 30 heavy (non-hydrogen) atoms. The molecule has 0 aliphatic carbocycles. The molecule has 4 nitrogen and oxygen atoms in total. The Bertz CT molecular complexity index is 1170. The molecule has 0 aliphatic rings. The first kappa shape index (κ1) is 20.5. The van der Waals surface area contributed by atoms with E-state index in [0.717, 1.165) is 52.5 Å². The Morgan fingerprint density at radius 2 is 1.83 bits per heavy atom. The fourth-order valence-electron chi connectivity index (χ4n) is 3.79. The van der Waals surface area contributed by atoms with Crippen molar-refractivity contribution < 1.29 is 4.74 Å². The summed E-state index contributed by atoms with van der Waals surface area (Å²) in [5.74, 6) is 0.838. The van der Waals surface area contributed by atoms with E-state index in [-0.39, 0.29) is 0 Å². The van der Waals surface area contributed by atoms with Crippen molar-refractivity contribution in [3.05, 3.63) is 72.1 Å². The molecule has 4 rings (SSSR count). The van der Waals surface area contributed by atoms with Crippen LogP contribution in [0.4, 0.5) is 0 Å². The zero-order chi connectivity index (χ0) is 21.1. The fourth-order valence-corrected chi connectivity index (χ4v) is 3.95. The number of benzene rings is 2. The quantitative estimate of drug-likeness (QED) is 0.369. The van der Waals surface area contributed by atoms with Gasteiger partial charge in [0.25, 0.3) is 0 Å². The van der Waals surface area contributed by atoms with Gasteiger partial charge in [0.1, 0.15) is 5.75 Å². The fraction of sp³-hybridized carbons (Fsp3) is 0.240. The van der Waals surface area contributed by atoms with Crippen LogP contribution in [0.1, 0.15) is 6.42 Å². The lowest BCUT2D eigenvalue weighted by Crippen LogP contribution is -2.14. The van der Waals surface area contributed by atoms with Gasteiger partial charge in [-0.3, -0.25) is 4.98 Å². The molecule has 0 unspecified atom stereocenters. The Morgan fingerprint density at radius 1 is 1.00 bits per heavy atom. The lowest BCUT2D eigenvalue weighted by atomic mass is 10.0. The summed E-state index contributed by atoms with van der Waals surface area (Å²) in [4.78, 5) is 6.74. The third-order valence-corrected chi connectivity index (χ3v) is 5.54. The van der Waals surface area contributed by atoms with E-state index in [1.807, 2.05) is 36.7 Å². The van der Waals surface area contributed by atoms with Crippen LogP contribution in [0.15, 0.2) is 67.1 Å². The number of nitrogens with zero attached hydrogens (tertiary/aromatic N) is 3. The number of hydrogen-bond donors (Lipinski definition) is 0. The Hall–Kier alpha value is -2.82. The van der Waals surface area contributed by atoms with Crippen LogP contribution in [-0.4, -0.2) is 42.2 Å². The van der Waals surface area contributed by atoms with Gasteiger partial charge in [-0.15, -0.1) is 0 Å². The number of hydrogen-bond acceptors (Lipinski definition) is 3. The molecule has 0 radical (unpaired) electrons. The molecule has 0 saturated carbocycles. The highest BCUT2D eigenvalue weighted by molar-refractivity contribution is 6.31. The largest absolute Gasteiger partial charge is 0.497 e. The van der Waals surface area contributed by atoms with Crippen LogP contribution in [0.25, 0.3) is 33.2 Å². The van der Waals surface area contributed by atoms with Crippen molar-refractivity contribution in [3.63, 3.8) is 0 Å². The number of pyridine rings is 1. The SMILES string of the molecule is COc1cccc(-c2cncc(-c3cn(CCCN(C)C)c4cc(Cl)ccc34)c2)c1. The Kier molecular flexibility index (Phi) is 6.07. The van der Waals surface area contributed by atoms with Crippen molar-refractivity contribution in [2.24, 2.45) is 0 Å². The molecule has 0 bridgehead atoms. The third-order valence-electron chi connectivity index (χ3n) is 5.30. The first-order valence-electron chi connectivity index (χ1n) is 10.1. The number of ether oxygens (including phenoxy) is 1. The number of methoxy groups -OCH3 is 1. The molecule has 0 saturated heterocycles. The van der Waals surface area contributed by atoms with Crippen molar-refractivity contribution in [1.29, 1.82) is 0 Å². The summed E-state index contributed by atoms with van der Waals surface area (Å²) in [6, 6.07) is 16.4. The monoisotopic (exact) mass is 419 g/mol. The van der Waals surface area contributed by atoms with Crippen LogP contribution in [0.2, 0.25) is 5.02 Å². The van der Waals surface area contributed by atoms with Gasteiger partial charge in [0.15, 0.2) is 0 Å². The van der Waals surface area contributed by atoms with E-state index in [1.165, 1.54) is 10.9 Å². The summed E-state index contributed by atoms with van der Waals surface area (Å²) in [6.07, 6.45) is 7.12. The Balaban J connectivity index is 1.75. The number of aromatic nitrogens is 2. The number of halogens is 1. The molecule has 5 heteroatoms. The molecule has 0 spiro atoms. The predicted octanol–water partition coefficient (Wildman–Crippen LogP) is 5.98. The molecule has 0 aliphatic heterocycles. The van der Waals surface area contributed by atoms with Crippen molar-refractivity contribution in [1.82, 2.24) is 14.5 Å². The molecule has 0 atom stereocenters. The van der Waals surface area contributed by atoms with E-state index >= 15 is 0 Å². The highest BCUT2D eigenvalue weighted by Gasteiger charge is 2.12. The van der Waals surface area contributed by atoms with Crippen LogP contribution in [0, 0.1) is 0 Å². The number of rotatable bonds is 7. The topological polar surface area (TPSA) is 30.3 Å². The zero-order valence-electron chi connectivity index (χ0n) is 17.6. The van der Waals surface area contributed by atoms with Crippen LogP contribution in [-0.2, 0) is 6.54 Å². The van der Waals surface area contributed by atoms with Gasteiger partial charge in [-0.2, -0.15) is 0 Å². The van der Waals surface area contributed by atoms with E-state index in [1.54, 1.807) is 7.11 Å². The van der Waals surface area contributed by atoms with E-state index in [0.29, 0.717) is 0 Å². The van der Waals surface area contributed by atoms with Gasteiger partial charge in [0.05, 0.1) is 12.6 Å². The molecule has 2 aromatic carbocycles. The summed E-state index contributed by atoms with van der Waals surface area (Å²) >= 11 is 6.32. The van der Waals surface area contributed by atoms with Gasteiger partial charge >= 0.3 is 0 Å². The standard InChI is InChI=1S/C25H26ClN3O/c1-28(2)10-5-11-29-17-24(23-9-8-21(26)14-25(23)29)20-12-19(15-27-16-20)18-6-4-7-22(13-18)30-3/h4,6-9,12-17H,5,10-11H2,1-3H3. The van der Waals surface area contributed by atoms with Crippen molar-refractivity contribution >= 4 is 22.5 Å². The van der Waals surface area contributed by atoms with E-state index in [2.05, 4.69) is 59.0 Å². The minimum Gasteiger partial charge on any atom is -0.497 e. The lowest BCUT2D eigenvalue weighted by Gasteiger charge is -2.10. The van der Waals surface area contributed by atoms with Crippen molar-refractivity contribution in [2.75, 3.05) is 27.7 Å². The van der Waals surface area contributed by atoms with Crippen molar-refractivity contribution in [3.8, 4) is 28.0 Å². The first-order valence-corrected chi connectivity index (χ1v) is 10.5. The summed E-state index contributed by atoms with van der Waals surface area (Å²) in [6.45, 7) is 1.99. The molecule has 154 valence electrons. The van der Waals surface area contributed by atoms with Gasteiger partial charge < -0.3 is 14.2 Å². The number of aryl methyl sites for hydroxylation is 1. The molecule has 0 fully saturated rings. The second-order valence-electron chi connectivity index (χ2n) is 7.75. The minimum absolute atomic E-state index is 0.754. The smallest absolute Gasteiger partial charge is 0.119 e. The summed E-state index contributed by atoms with van der Waals surface area (Å²) < 4.78 is 7.68. The predicted molar refractivity (Wildman–Crippen MR) is 125 cm³/mol. The second-order valence-corrected chi connectivity index (χ2v) is 8.19. The van der Waals surface area contributed by atoms with E-state index < -0.39 is 0 Å². The van der Waals surface area contributed by atoms with Gasteiger partial charge in [0, 0.05) is 52.2 Å². The van der Waals surface area contributed by atoms with Crippen LogP contribution in [0.5, 0.6) is 5.75 Å².